The van der Waals surface area contributed by atoms with E-state index in [2.05, 4.69) is 5.32 Å². The van der Waals surface area contributed by atoms with Crippen LogP contribution in [0, 0.1) is 17.5 Å². The molecule has 26 heavy (non-hydrogen) atoms. The molecule has 1 aliphatic carbocycles. The van der Waals surface area contributed by atoms with Crippen molar-refractivity contribution in [1.29, 1.82) is 0 Å². The van der Waals surface area contributed by atoms with Crippen molar-refractivity contribution in [2.24, 2.45) is 5.14 Å². The van der Waals surface area contributed by atoms with E-state index in [4.69, 9.17) is 10.2 Å². The van der Waals surface area contributed by atoms with E-state index in [0.29, 0.717) is 12.8 Å². The van der Waals surface area contributed by atoms with Gasteiger partial charge in [0.1, 0.15) is 20.8 Å². The van der Waals surface area contributed by atoms with Gasteiger partial charge in [0, 0.05) is 6.04 Å². The van der Waals surface area contributed by atoms with Gasteiger partial charge in [-0.15, -0.1) is 0 Å². The third kappa shape index (κ3) is 4.85. The zero-order valence-electron chi connectivity index (χ0n) is 14.2. The molecule has 4 N–H and O–H groups in total. The van der Waals surface area contributed by atoms with Crippen LogP contribution < -0.4 is 10.5 Å². The lowest BCUT2D eigenvalue weighted by Gasteiger charge is -2.24. The maximum absolute atomic E-state index is 14.8. The summed E-state index contributed by atoms with van der Waals surface area (Å²) in [5.74, 6) is -4.94. The molecule has 0 saturated heterocycles. The maximum atomic E-state index is 14.8. The first-order valence-electron chi connectivity index (χ1n) is 8.50. The summed E-state index contributed by atoms with van der Waals surface area (Å²) in [7, 11) is -4.76. The predicted molar refractivity (Wildman–Crippen MR) is 95.0 cm³/mol. The molecule has 1 saturated carbocycles. The molecule has 2 atom stereocenters. The Kier molecular flexibility index (Phi) is 8.05. The molecule has 0 heterocycles. The third-order valence-electron chi connectivity index (χ3n) is 4.40. The molecule has 2 rings (SSSR count). The van der Waals surface area contributed by atoms with Crippen molar-refractivity contribution in [1.82, 2.24) is 0 Å². The summed E-state index contributed by atoms with van der Waals surface area (Å²) < 4.78 is 67.2. The van der Waals surface area contributed by atoms with E-state index in [1.165, 1.54) is 0 Å². The zero-order valence-corrected chi connectivity index (χ0v) is 15.9. The first kappa shape index (κ1) is 21.3. The number of aliphatic hydroxyl groups is 1. The molecule has 0 aliphatic heterocycles. The van der Waals surface area contributed by atoms with Crippen LogP contribution in [-0.4, -0.2) is 31.9 Å². The quantitative estimate of drug-likeness (QED) is 0.627. The fourth-order valence-electron chi connectivity index (χ4n) is 3.13. The van der Waals surface area contributed by atoms with Crippen molar-refractivity contribution in [2.45, 2.75) is 60.8 Å². The Morgan fingerprint density at radius 2 is 1.50 bits per heavy atom. The second-order valence-corrected chi connectivity index (χ2v) is 8.74. The van der Waals surface area contributed by atoms with Gasteiger partial charge in [-0.25, -0.2) is 22.5 Å². The van der Waals surface area contributed by atoms with Crippen LogP contribution in [0.3, 0.4) is 0 Å². The van der Waals surface area contributed by atoms with Gasteiger partial charge < -0.3 is 10.4 Å². The Morgan fingerprint density at radius 1 is 0.962 bits per heavy atom. The van der Waals surface area contributed by atoms with Crippen LogP contribution in [0.5, 0.6) is 0 Å². The van der Waals surface area contributed by atoms with Gasteiger partial charge >= 0.3 is 0 Å². The SMILES string of the molecule is NS(=O)c1c(F)c(F)c(S(=O)CCO)c(NC2CCCCCCC2)c1F. The maximum Gasteiger partial charge on any atom is 0.180 e. The summed E-state index contributed by atoms with van der Waals surface area (Å²) >= 11 is 0. The Balaban J connectivity index is 2.52. The highest BCUT2D eigenvalue weighted by atomic mass is 32.2. The summed E-state index contributed by atoms with van der Waals surface area (Å²) in [6, 6.07) is -0.210. The normalized spacial score (nSPS) is 18.8. The van der Waals surface area contributed by atoms with Crippen molar-refractivity contribution >= 4 is 27.5 Å². The Bertz CT molecular complexity index is 696. The van der Waals surface area contributed by atoms with Crippen LogP contribution >= 0.6 is 0 Å². The van der Waals surface area contributed by atoms with E-state index in [-0.39, 0.29) is 11.8 Å². The van der Waals surface area contributed by atoms with Crippen LogP contribution in [0.2, 0.25) is 0 Å². The van der Waals surface area contributed by atoms with Gasteiger partial charge in [0.25, 0.3) is 0 Å². The first-order valence-corrected chi connectivity index (χ1v) is 11.0. The number of nitrogens with two attached hydrogens (primary N) is 1. The van der Waals surface area contributed by atoms with E-state index in [1.54, 1.807) is 0 Å². The van der Waals surface area contributed by atoms with Crippen LogP contribution in [0.1, 0.15) is 44.9 Å². The largest absolute Gasteiger partial charge is 0.395 e. The molecule has 0 spiro atoms. The molecule has 1 aromatic rings. The lowest BCUT2D eigenvalue weighted by atomic mass is 9.96. The number of benzene rings is 1. The van der Waals surface area contributed by atoms with Crippen LogP contribution in [0.4, 0.5) is 18.9 Å². The summed E-state index contributed by atoms with van der Waals surface area (Å²) in [5, 5.41) is 16.9. The average molecular weight is 412 g/mol. The highest BCUT2D eigenvalue weighted by molar-refractivity contribution is 7.85. The van der Waals surface area contributed by atoms with Gasteiger partial charge in [0.2, 0.25) is 0 Å². The first-order chi connectivity index (χ1) is 12.4. The Labute approximate surface area is 155 Å². The Morgan fingerprint density at radius 3 is 2.04 bits per heavy atom. The second-order valence-electron chi connectivity index (χ2n) is 6.23. The number of anilines is 1. The number of rotatable bonds is 6. The number of nitrogens with one attached hydrogen (secondary N) is 1. The predicted octanol–water partition coefficient (Wildman–Crippen LogP) is 2.71. The van der Waals surface area contributed by atoms with Crippen molar-refractivity contribution in [2.75, 3.05) is 17.7 Å². The summed E-state index contributed by atoms with van der Waals surface area (Å²) in [5.41, 5.74) is -0.477. The number of halogens is 3. The molecular formula is C16H23F3N2O3S2. The summed E-state index contributed by atoms with van der Waals surface area (Å²) in [6.07, 6.45) is 6.37. The van der Waals surface area contributed by atoms with E-state index in [9.17, 15) is 21.6 Å². The molecule has 0 amide bonds. The summed E-state index contributed by atoms with van der Waals surface area (Å²) in [4.78, 5) is -1.77. The van der Waals surface area contributed by atoms with Crippen LogP contribution in [0.15, 0.2) is 9.79 Å². The van der Waals surface area contributed by atoms with Crippen molar-refractivity contribution in [3.8, 4) is 0 Å². The molecule has 5 nitrogen and oxygen atoms in total. The minimum Gasteiger partial charge on any atom is -0.395 e. The molecule has 1 aromatic carbocycles. The van der Waals surface area contributed by atoms with Crippen LogP contribution in [0.25, 0.3) is 0 Å². The smallest absolute Gasteiger partial charge is 0.180 e. The molecule has 0 aromatic heterocycles. The topological polar surface area (TPSA) is 92.4 Å². The second kappa shape index (κ2) is 9.82. The highest BCUT2D eigenvalue weighted by Crippen LogP contribution is 2.35. The fraction of sp³-hybridized carbons (Fsp3) is 0.625. The van der Waals surface area contributed by atoms with E-state index in [1.807, 2.05) is 0 Å². The van der Waals surface area contributed by atoms with E-state index in [0.717, 1.165) is 32.1 Å². The molecule has 148 valence electrons. The minimum absolute atomic E-state index is 0.210. The van der Waals surface area contributed by atoms with Gasteiger partial charge in [-0.2, -0.15) is 0 Å². The third-order valence-corrected chi connectivity index (χ3v) is 6.55. The van der Waals surface area contributed by atoms with E-state index < -0.39 is 61.3 Å². The Hall–Kier alpha value is -0.970. The molecule has 2 unspecified atom stereocenters. The van der Waals surface area contributed by atoms with Gasteiger partial charge in [0.05, 0.1) is 28.8 Å². The van der Waals surface area contributed by atoms with Crippen LogP contribution in [-0.2, 0) is 21.8 Å². The van der Waals surface area contributed by atoms with E-state index >= 15 is 0 Å². The standard InChI is InChI=1S/C16H23F3N2O3S2/c17-11-12(18)16(25(23)9-8-22)14(13(19)15(11)26(20)24)21-10-6-4-2-1-3-5-7-10/h10,21-22H,1-9,20H2. The minimum atomic E-state index is -2.59. The number of aliphatic hydroxyl groups excluding tert-OH is 1. The molecule has 0 bridgehead atoms. The fourth-order valence-corrected chi connectivity index (χ4v) is 4.71. The molecule has 0 radical (unpaired) electrons. The lowest BCUT2D eigenvalue weighted by molar-refractivity contribution is 0.321. The van der Waals surface area contributed by atoms with Gasteiger partial charge in [0.15, 0.2) is 17.5 Å². The zero-order chi connectivity index (χ0) is 19.3. The van der Waals surface area contributed by atoms with Crippen molar-refractivity contribution in [3.63, 3.8) is 0 Å². The lowest BCUT2D eigenvalue weighted by Crippen LogP contribution is -2.25. The molecule has 10 heteroatoms. The molecular weight excluding hydrogens is 389 g/mol. The van der Waals surface area contributed by atoms with Gasteiger partial charge in [-0.05, 0) is 12.8 Å². The van der Waals surface area contributed by atoms with Gasteiger partial charge in [-0.3, -0.25) is 4.21 Å². The van der Waals surface area contributed by atoms with Crippen molar-refractivity contribution < 1.29 is 26.7 Å². The molecule has 1 fully saturated rings. The number of hydrogen-bond acceptors (Lipinski definition) is 4. The average Bonchev–Trinajstić information content (AvgIpc) is 2.54. The highest BCUT2D eigenvalue weighted by Gasteiger charge is 2.31. The number of hydrogen-bond donors (Lipinski definition) is 3. The van der Waals surface area contributed by atoms with Crippen molar-refractivity contribution in [3.05, 3.63) is 17.5 Å². The van der Waals surface area contributed by atoms with Gasteiger partial charge in [-0.1, -0.05) is 32.1 Å². The molecule has 1 aliphatic rings. The monoisotopic (exact) mass is 412 g/mol. The summed E-state index contributed by atoms with van der Waals surface area (Å²) in [6.45, 7) is -0.539.